The molecule has 0 saturated carbocycles. The number of ether oxygens (including phenoxy) is 1. The van der Waals surface area contributed by atoms with Crippen LogP contribution < -0.4 is 0 Å². The topological polar surface area (TPSA) is 9.23 Å². The fourth-order valence-corrected chi connectivity index (χ4v) is 0.279. The van der Waals surface area contributed by atoms with Gasteiger partial charge < -0.3 is 9.13 Å². The van der Waals surface area contributed by atoms with E-state index in [-0.39, 0.29) is 38.9 Å². The Morgan fingerprint density at radius 3 is 1.36 bits per heavy atom. The first-order valence-corrected chi connectivity index (χ1v) is 3.92. The van der Waals surface area contributed by atoms with Crippen molar-refractivity contribution < 1.29 is 50.6 Å². The molecular weight excluding hydrogens is 270 g/mol. The second-order valence-corrected chi connectivity index (χ2v) is 1.65. The number of rotatable bonds is 4. The average Bonchev–Trinajstić information content (AvgIpc) is 2.22. The molecule has 0 aliphatic carbocycles. The standard InChI is InChI=1S/C5H10F.C2H4F2O.C2H4.Y/c1-3-5(6)4-2;3-1-5-2-4;1-2;/h3-4H2,1-2H3;1-2H2;1-2H2;/q-1;;;. The summed E-state index contributed by atoms with van der Waals surface area (Å²) in [7, 11) is 0. The van der Waals surface area contributed by atoms with Crippen LogP contribution in [0.2, 0.25) is 0 Å². The van der Waals surface area contributed by atoms with E-state index in [9.17, 15) is 13.2 Å². The van der Waals surface area contributed by atoms with Gasteiger partial charge in [-0.3, -0.25) is 0 Å². The van der Waals surface area contributed by atoms with Gasteiger partial charge >= 0.3 is 0 Å². The van der Waals surface area contributed by atoms with E-state index in [1.807, 2.05) is 13.8 Å². The van der Waals surface area contributed by atoms with E-state index in [4.69, 9.17) is 0 Å². The third-order valence-corrected chi connectivity index (χ3v) is 0.922. The van der Waals surface area contributed by atoms with E-state index in [1.165, 1.54) is 0 Å². The molecule has 0 heterocycles. The Balaban J connectivity index is -0.0000000576. The largest absolute Gasteiger partial charge is 0.456 e. The number of alkyl halides is 2. The van der Waals surface area contributed by atoms with E-state index in [0.29, 0.717) is 12.8 Å². The molecule has 0 amide bonds. The van der Waals surface area contributed by atoms with Crippen molar-refractivity contribution in [3.8, 4) is 0 Å². The van der Waals surface area contributed by atoms with Gasteiger partial charge in [0.1, 0.15) is 0 Å². The molecule has 0 aromatic heterocycles. The Morgan fingerprint density at radius 1 is 1.07 bits per heavy atom. The van der Waals surface area contributed by atoms with E-state index in [1.54, 1.807) is 0 Å². The summed E-state index contributed by atoms with van der Waals surface area (Å²) in [6.45, 7) is 7.57. The normalized spacial score (nSPS) is 7.57. The van der Waals surface area contributed by atoms with Gasteiger partial charge in [0.15, 0.2) is 13.7 Å². The predicted molar refractivity (Wildman–Crippen MR) is 49.2 cm³/mol. The van der Waals surface area contributed by atoms with Crippen molar-refractivity contribution in [1.82, 2.24) is 0 Å². The third kappa shape index (κ3) is 38.9. The molecule has 0 aliphatic heterocycles. The minimum absolute atomic E-state index is 0. The van der Waals surface area contributed by atoms with Crippen molar-refractivity contribution in [3.63, 3.8) is 0 Å². The molecule has 1 radical (unpaired) electrons. The summed E-state index contributed by atoms with van der Waals surface area (Å²) < 4.78 is 36.3. The summed E-state index contributed by atoms with van der Waals surface area (Å²) in [5.74, 6) is 0. The number of hydrogen-bond acceptors (Lipinski definition) is 1. The molecule has 0 atom stereocenters. The monoisotopic (exact) mass is 288 g/mol. The Bertz CT molecular complexity index is 71.1. The molecule has 0 bridgehead atoms. The van der Waals surface area contributed by atoms with Crippen LogP contribution in [0.25, 0.3) is 0 Å². The summed E-state index contributed by atoms with van der Waals surface area (Å²) in [6.07, 6.45) is 1.25. The summed E-state index contributed by atoms with van der Waals surface area (Å²) in [5, 5.41) is 0. The molecule has 0 spiro atoms. The zero-order chi connectivity index (χ0) is 11.1. The summed E-state index contributed by atoms with van der Waals surface area (Å²) >= 11 is 0. The maximum absolute atomic E-state index is 11.8. The quantitative estimate of drug-likeness (QED) is 0.562. The first-order valence-electron chi connectivity index (χ1n) is 3.92. The summed E-state index contributed by atoms with van der Waals surface area (Å²) in [5.41, 5.74) is 0. The zero-order valence-electron chi connectivity index (χ0n) is 8.86. The van der Waals surface area contributed by atoms with E-state index < -0.39 is 13.7 Å². The molecule has 1 nitrogen and oxygen atoms in total. The van der Waals surface area contributed by atoms with E-state index >= 15 is 0 Å². The van der Waals surface area contributed by atoms with Gasteiger partial charge in [-0.1, -0.05) is 13.8 Å². The van der Waals surface area contributed by atoms with Crippen molar-refractivity contribution in [1.29, 1.82) is 0 Å². The zero-order valence-corrected chi connectivity index (χ0v) is 11.7. The predicted octanol–water partition coefficient (Wildman–Crippen LogP) is 3.96. The average molecular weight is 288 g/mol. The Labute approximate surface area is 110 Å². The SMILES string of the molecule is C=C.CC[C-](F)CC.FCOCF.[Y]. The fourth-order valence-electron chi connectivity index (χ4n) is 0.279. The minimum Gasteiger partial charge on any atom is -0.456 e. The number of hydrogen-bond donors (Lipinski definition) is 0. The van der Waals surface area contributed by atoms with Crippen LogP contribution in [0.5, 0.6) is 0 Å². The molecule has 5 heteroatoms. The first kappa shape index (κ1) is 24.0. The third-order valence-electron chi connectivity index (χ3n) is 0.922. The van der Waals surface area contributed by atoms with Crippen LogP contribution in [-0.4, -0.2) is 13.7 Å². The molecule has 85 valence electrons. The molecule has 0 aliphatic rings. The van der Waals surface area contributed by atoms with Gasteiger partial charge in [-0.25, -0.2) is 8.78 Å². The molecule has 0 rings (SSSR count). The van der Waals surface area contributed by atoms with E-state index in [2.05, 4.69) is 17.9 Å². The van der Waals surface area contributed by atoms with Crippen molar-refractivity contribution in [3.05, 3.63) is 19.3 Å². The van der Waals surface area contributed by atoms with Gasteiger partial charge in [0.05, 0.1) is 0 Å². The van der Waals surface area contributed by atoms with Crippen LogP contribution in [0.3, 0.4) is 0 Å². The molecule has 0 saturated heterocycles. The maximum Gasteiger partial charge on any atom is 0.191 e. The van der Waals surface area contributed by atoms with Gasteiger partial charge in [-0.05, 0) is 0 Å². The van der Waals surface area contributed by atoms with Crippen molar-refractivity contribution in [2.24, 2.45) is 0 Å². The number of halogens is 3. The molecule has 0 N–H and O–H groups in total. The van der Waals surface area contributed by atoms with Crippen molar-refractivity contribution in [2.75, 3.05) is 13.7 Å². The van der Waals surface area contributed by atoms with Gasteiger partial charge in [-0.15, -0.1) is 13.2 Å². The fraction of sp³-hybridized carbons (Fsp3) is 0.667. The summed E-state index contributed by atoms with van der Waals surface area (Å²) in [6, 6.07) is 0. The van der Waals surface area contributed by atoms with Gasteiger partial charge in [0, 0.05) is 32.7 Å². The van der Waals surface area contributed by atoms with Gasteiger partial charge in [0.2, 0.25) is 0 Å². The Morgan fingerprint density at radius 2 is 1.36 bits per heavy atom. The van der Waals surface area contributed by atoms with Crippen LogP contribution in [0, 0.1) is 6.17 Å². The molecular formula is C9H18F3OY-. The second-order valence-electron chi connectivity index (χ2n) is 1.65. The van der Waals surface area contributed by atoms with Gasteiger partial charge in [0.25, 0.3) is 0 Å². The molecule has 0 aromatic rings. The second kappa shape index (κ2) is 29.2. The smallest absolute Gasteiger partial charge is 0.191 e. The Kier molecular flexibility index (Phi) is 50.1. The van der Waals surface area contributed by atoms with Gasteiger partial charge in [-0.2, -0.15) is 19.0 Å². The summed E-state index contributed by atoms with van der Waals surface area (Å²) in [4.78, 5) is 0. The molecule has 0 unspecified atom stereocenters. The van der Waals surface area contributed by atoms with Crippen molar-refractivity contribution >= 4 is 0 Å². The van der Waals surface area contributed by atoms with Crippen LogP contribution in [0.15, 0.2) is 13.2 Å². The van der Waals surface area contributed by atoms with E-state index in [0.717, 1.165) is 0 Å². The van der Waals surface area contributed by atoms with Crippen molar-refractivity contribution in [2.45, 2.75) is 26.7 Å². The Hall–Kier alpha value is 0.594. The molecule has 14 heavy (non-hydrogen) atoms. The molecule has 0 aromatic carbocycles. The maximum atomic E-state index is 11.8. The first-order chi connectivity index (χ1) is 6.22. The molecule has 0 fully saturated rings. The van der Waals surface area contributed by atoms with Crippen LogP contribution in [-0.2, 0) is 37.4 Å². The minimum atomic E-state index is -1.03. The van der Waals surface area contributed by atoms with Crippen LogP contribution in [0.1, 0.15) is 26.7 Å². The van der Waals surface area contributed by atoms with Crippen LogP contribution >= 0.6 is 0 Å². The van der Waals surface area contributed by atoms with Crippen LogP contribution in [0.4, 0.5) is 13.2 Å².